The third-order valence-electron chi connectivity index (χ3n) is 4.15. The molecule has 0 aliphatic heterocycles. The van der Waals surface area contributed by atoms with Crippen molar-refractivity contribution >= 4 is 5.69 Å². The van der Waals surface area contributed by atoms with Gasteiger partial charge in [0.25, 0.3) is 0 Å². The van der Waals surface area contributed by atoms with Crippen LogP contribution in [0.2, 0.25) is 0 Å². The van der Waals surface area contributed by atoms with Gasteiger partial charge in [0.15, 0.2) is 0 Å². The van der Waals surface area contributed by atoms with Crippen molar-refractivity contribution in [3.8, 4) is 5.75 Å². The molecule has 1 aliphatic carbocycles. The van der Waals surface area contributed by atoms with Crippen LogP contribution in [-0.2, 0) is 0 Å². The summed E-state index contributed by atoms with van der Waals surface area (Å²) >= 11 is 0. The minimum absolute atomic E-state index is 0.721. The number of benzene rings is 1. The van der Waals surface area contributed by atoms with E-state index < -0.39 is 0 Å². The average Bonchev–Trinajstić information content (AvgIpc) is 2.40. The summed E-state index contributed by atoms with van der Waals surface area (Å²) in [6, 6.07) is 6.41. The fraction of sp³-hybridized carbons (Fsp3) is 0.647. The van der Waals surface area contributed by atoms with E-state index in [9.17, 15) is 0 Å². The van der Waals surface area contributed by atoms with Crippen molar-refractivity contribution in [3.05, 3.63) is 23.8 Å². The molecule has 0 saturated heterocycles. The number of ether oxygens (including phenoxy) is 1. The standard InChI is InChI=1S/C17H27NO/c1-4-19-17-11-14(3)7-10-16(17)18-12-15-8-5-13(2)6-9-15/h7,10-11,13,15,18H,4-6,8-9,12H2,1-3H3. The van der Waals surface area contributed by atoms with E-state index in [4.69, 9.17) is 4.74 Å². The Morgan fingerprint density at radius 2 is 1.95 bits per heavy atom. The molecule has 1 fully saturated rings. The Labute approximate surface area is 117 Å². The zero-order valence-electron chi connectivity index (χ0n) is 12.5. The van der Waals surface area contributed by atoms with Crippen LogP contribution in [0.5, 0.6) is 5.75 Å². The molecule has 2 rings (SSSR count). The van der Waals surface area contributed by atoms with E-state index in [2.05, 4.69) is 37.4 Å². The highest BCUT2D eigenvalue weighted by Crippen LogP contribution is 2.30. The molecule has 0 bridgehead atoms. The lowest BCUT2D eigenvalue weighted by Crippen LogP contribution is -2.20. The van der Waals surface area contributed by atoms with E-state index in [1.54, 1.807) is 0 Å². The Morgan fingerprint density at radius 3 is 2.63 bits per heavy atom. The second-order valence-corrected chi connectivity index (χ2v) is 5.94. The van der Waals surface area contributed by atoms with Crippen molar-refractivity contribution < 1.29 is 4.74 Å². The summed E-state index contributed by atoms with van der Waals surface area (Å²) in [5.41, 5.74) is 2.39. The maximum absolute atomic E-state index is 5.71. The van der Waals surface area contributed by atoms with Crippen LogP contribution in [-0.4, -0.2) is 13.2 Å². The Hall–Kier alpha value is -1.18. The highest BCUT2D eigenvalue weighted by atomic mass is 16.5. The van der Waals surface area contributed by atoms with Crippen LogP contribution in [0.25, 0.3) is 0 Å². The van der Waals surface area contributed by atoms with Crippen LogP contribution in [0.4, 0.5) is 5.69 Å². The van der Waals surface area contributed by atoms with Gasteiger partial charge >= 0.3 is 0 Å². The van der Waals surface area contributed by atoms with Crippen molar-refractivity contribution in [3.63, 3.8) is 0 Å². The van der Waals surface area contributed by atoms with Gasteiger partial charge in [-0.2, -0.15) is 0 Å². The second kappa shape index (κ2) is 6.83. The molecule has 1 aromatic carbocycles. The van der Waals surface area contributed by atoms with Gasteiger partial charge in [0, 0.05) is 6.54 Å². The minimum Gasteiger partial charge on any atom is -0.492 e. The van der Waals surface area contributed by atoms with Crippen LogP contribution in [0, 0.1) is 18.8 Å². The molecule has 0 unspecified atom stereocenters. The lowest BCUT2D eigenvalue weighted by atomic mass is 9.83. The zero-order valence-corrected chi connectivity index (χ0v) is 12.5. The van der Waals surface area contributed by atoms with E-state index in [0.29, 0.717) is 0 Å². The molecule has 0 aromatic heterocycles. The number of anilines is 1. The average molecular weight is 261 g/mol. The lowest BCUT2D eigenvalue weighted by molar-refractivity contribution is 0.300. The highest BCUT2D eigenvalue weighted by Gasteiger charge is 2.18. The van der Waals surface area contributed by atoms with Crippen LogP contribution in [0.15, 0.2) is 18.2 Å². The normalized spacial score (nSPS) is 23.1. The molecule has 0 amide bonds. The van der Waals surface area contributed by atoms with Crippen molar-refractivity contribution in [2.24, 2.45) is 11.8 Å². The number of hydrogen-bond donors (Lipinski definition) is 1. The molecule has 2 nitrogen and oxygen atoms in total. The number of nitrogens with one attached hydrogen (secondary N) is 1. The molecule has 106 valence electrons. The molecule has 0 atom stereocenters. The van der Waals surface area contributed by atoms with Crippen molar-refractivity contribution in [2.75, 3.05) is 18.5 Å². The summed E-state index contributed by atoms with van der Waals surface area (Å²) in [6.07, 6.45) is 5.51. The quantitative estimate of drug-likeness (QED) is 0.834. The number of hydrogen-bond acceptors (Lipinski definition) is 2. The molecule has 0 radical (unpaired) electrons. The lowest BCUT2D eigenvalue weighted by Gasteiger charge is -2.27. The van der Waals surface area contributed by atoms with Gasteiger partial charge in [-0.25, -0.2) is 0 Å². The van der Waals surface area contributed by atoms with Gasteiger partial charge in [-0.3, -0.25) is 0 Å². The molecular formula is C17H27NO. The van der Waals surface area contributed by atoms with E-state index in [1.807, 2.05) is 6.92 Å². The Bertz CT molecular complexity index is 394. The zero-order chi connectivity index (χ0) is 13.7. The van der Waals surface area contributed by atoms with Gasteiger partial charge in [-0.15, -0.1) is 0 Å². The summed E-state index contributed by atoms with van der Waals surface area (Å²) in [4.78, 5) is 0. The number of rotatable bonds is 5. The van der Waals surface area contributed by atoms with Crippen LogP contribution < -0.4 is 10.1 Å². The topological polar surface area (TPSA) is 21.3 Å². The molecule has 1 aromatic rings. The van der Waals surface area contributed by atoms with Gasteiger partial charge in [-0.1, -0.05) is 25.8 Å². The van der Waals surface area contributed by atoms with E-state index >= 15 is 0 Å². The minimum atomic E-state index is 0.721. The van der Waals surface area contributed by atoms with Gasteiger partial charge in [-0.05, 0) is 56.2 Å². The predicted octanol–water partition coefficient (Wildman–Crippen LogP) is 4.63. The maximum Gasteiger partial charge on any atom is 0.142 e. The van der Waals surface area contributed by atoms with Crippen LogP contribution in [0.1, 0.15) is 45.1 Å². The largest absolute Gasteiger partial charge is 0.492 e. The first-order chi connectivity index (χ1) is 9.19. The maximum atomic E-state index is 5.71. The van der Waals surface area contributed by atoms with Crippen molar-refractivity contribution in [1.29, 1.82) is 0 Å². The molecule has 1 N–H and O–H groups in total. The molecule has 0 spiro atoms. The first-order valence-corrected chi connectivity index (χ1v) is 7.66. The van der Waals surface area contributed by atoms with E-state index in [-0.39, 0.29) is 0 Å². The summed E-state index contributed by atoms with van der Waals surface area (Å²) in [5, 5.41) is 3.58. The van der Waals surface area contributed by atoms with Gasteiger partial charge in [0.2, 0.25) is 0 Å². The van der Waals surface area contributed by atoms with Crippen molar-refractivity contribution in [2.45, 2.75) is 46.5 Å². The highest BCUT2D eigenvalue weighted by molar-refractivity contribution is 5.57. The summed E-state index contributed by atoms with van der Waals surface area (Å²) in [7, 11) is 0. The summed E-state index contributed by atoms with van der Waals surface area (Å²) in [5.74, 6) is 2.74. The van der Waals surface area contributed by atoms with Crippen molar-refractivity contribution in [1.82, 2.24) is 0 Å². The predicted molar refractivity (Wildman–Crippen MR) is 82.0 cm³/mol. The van der Waals surface area contributed by atoms with Gasteiger partial charge < -0.3 is 10.1 Å². The molecular weight excluding hydrogens is 234 g/mol. The molecule has 2 heteroatoms. The molecule has 19 heavy (non-hydrogen) atoms. The van der Waals surface area contributed by atoms with Crippen LogP contribution >= 0.6 is 0 Å². The summed E-state index contributed by atoms with van der Waals surface area (Å²) < 4.78 is 5.71. The van der Waals surface area contributed by atoms with E-state index in [0.717, 1.165) is 36.4 Å². The third-order valence-corrected chi connectivity index (χ3v) is 4.15. The molecule has 1 saturated carbocycles. The molecule has 1 aliphatic rings. The fourth-order valence-corrected chi connectivity index (χ4v) is 2.84. The Morgan fingerprint density at radius 1 is 1.21 bits per heavy atom. The smallest absolute Gasteiger partial charge is 0.142 e. The number of aryl methyl sites for hydroxylation is 1. The first-order valence-electron chi connectivity index (χ1n) is 7.66. The van der Waals surface area contributed by atoms with Crippen LogP contribution in [0.3, 0.4) is 0 Å². The monoisotopic (exact) mass is 261 g/mol. The molecule has 0 heterocycles. The SMILES string of the molecule is CCOc1cc(C)ccc1NCC1CCC(C)CC1. The van der Waals surface area contributed by atoms with Gasteiger partial charge in [0.1, 0.15) is 5.75 Å². The van der Waals surface area contributed by atoms with Gasteiger partial charge in [0.05, 0.1) is 12.3 Å². The fourth-order valence-electron chi connectivity index (χ4n) is 2.84. The Kier molecular flexibility index (Phi) is 5.12. The second-order valence-electron chi connectivity index (χ2n) is 5.94. The first kappa shape index (κ1) is 14.2. The Balaban J connectivity index is 1.91. The van der Waals surface area contributed by atoms with E-state index in [1.165, 1.54) is 31.2 Å². The third kappa shape index (κ3) is 4.15. The summed E-state index contributed by atoms with van der Waals surface area (Å²) in [6.45, 7) is 8.31.